The molecule has 14 heteroatoms. The van der Waals surface area contributed by atoms with Gasteiger partial charge in [0.1, 0.15) is 24.5 Å². The third-order valence-corrected chi connectivity index (χ3v) is 11.2. The minimum Gasteiger partial charge on any atom is -0.445 e. The van der Waals surface area contributed by atoms with E-state index >= 15 is 0 Å². The maximum absolute atomic E-state index is 12.5. The number of nitrogens with zero attached hydrogens (tertiary/aromatic N) is 6. The number of ether oxygens (including phenoxy) is 1. The van der Waals surface area contributed by atoms with E-state index in [4.69, 9.17) is 21.0 Å². The maximum atomic E-state index is 12.5. The first-order valence-electron chi connectivity index (χ1n) is 16.4. The van der Waals surface area contributed by atoms with Gasteiger partial charge >= 0.3 is 6.09 Å². The molecule has 0 unspecified atom stereocenters. The highest BCUT2D eigenvalue weighted by atomic mass is 33.1. The number of para-hydroxylation sites is 1. The normalized spacial score (nSPS) is 11.3. The summed E-state index contributed by atoms with van der Waals surface area (Å²) < 4.78 is 7.47. The van der Waals surface area contributed by atoms with Crippen molar-refractivity contribution in [3.63, 3.8) is 0 Å². The second kappa shape index (κ2) is 17.1. The van der Waals surface area contributed by atoms with E-state index < -0.39 is 6.09 Å². The van der Waals surface area contributed by atoms with Gasteiger partial charge in [-0.1, -0.05) is 94.6 Å². The van der Waals surface area contributed by atoms with E-state index in [0.717, 1.165) is 68.6 Å². The zero-order chi connectivity index (χ0) is 35.5. The quantitative estimate of drug-likeness (QED) is 0.0400. The molecular formula is C36H41N9O3S2. The summed E-state index contributed by atoms with van der Waals surface area (Å²) in [6.45, 7) is 7.59. The van der Waals surface area contributed by atoms with Crippen molar-refractivity contribution in [3.8, 4) is 0 Å². The Hall–Kier alpha value is -4.91. The minimum absolute atomic E-state index is 0.152. The van der Waals surface area contributed by atoms with Crippen LogP contribution in [-0.2, 0) is 35.6 Å². The highest BCUT2D eigenvalue weighted by Gasteiger charge is 2.21. The molecule has 0 spiro atoms. The van der Waals surface area contributed by atoms with Crippen molar-refractivity contribution in [3.05, 3.63) is 106 Å². The van der Waals surface area contributed by atoms with Crippen LogP contribution < -0.4 is 16.4 Å². The zero-order valence-corrected chi connectivity index (χ0v) is 30.0. The largest absolute Gasteiger partial charge is 0.445 e. The first-order valence-corrected chi connectivity index (χ1v) is 18.5. The Bertz CT molecular complexity index is 1990. The van der Waals surface area contributed by atoms with Gasteiger partial charge in [0.05, 0.1) is 11.0 Å². The average Bonchev–Trinajstić information content (AvgIpc) is 3.49. The van der Waals surface area contributed by atoms with Crippen LogP contribution in [0.25, 0.3) is 32.4 Å². The van der Waals surface area contributed by atoms with Gasteiger partial charge in [-0.05, 0) is 60.7 Å². The molecule has 0 fully saturated rings. The number of rotatable bonds is 16. The summed E-state index contributed by atoms with van der Waals surface area (Å²) in [6, 6.07) is 24.0. The lowest BCUT2D eigenvalue weighted by molar-refractivity contribution is -0.119. The lowest BCUT2D eigenvalue weighted by Gasteiger charge is -2.23. The molecule has 0 saturated carbocycles. The molecule has 0 aliphatic carbocycles. The molecule has 0 aliphatic heterocycles. The number of amides is 2. The standard InChI is InChI=1S/C36H41N9O3S2/c1-4-5-10-30-43-32-33(28-8-6-7-9-29(28)42-34(32)37)45(30)21-25-13-11-24(12-14-25)19-39-35(47)48-22-26-15-17-27(18-16-26)49-50-36(2,3)23-40-31(46)20-41-44-38/h6-9,11-18H,4-5,10,19-23H2,1-3H3,(H2,37,42)(H,39,47)(H,40,46). The summed E-state index contributed by atoms with van der Waals surface area (Å²) in [6.07, 6.45) is 2.47. The number of carbonyl (C=O) groups excluding carboxylic acids is 2. The lowest BCUT2D eigenvalue weighted by Crippen LogP contribution is -2.36. The topological polar surface area (TPSA) is 173 Å². The number of benzene rings is 3. The summed E-state index contributed by atoms with van der Waals surface area (Å²) >= 11 is 0. The maximum Gasteiger partial charge on any atom is 0.407 e. The van der Waals surface area contributed by atoms with Crippen molar-refractivity contribution < 1.29 is 14.3 Å². The summed E-state index contributed by atoms with van der Waals surface area (Å²) in [5, 5.41) is 9.93. The van der Waals surface area contributed by atoms with E-state index in [-0.39, 0.29) is 23.8 Å². The number of fused-ring (bicyclic) bond motifs is 3. The van der Waals surface area contributed by atoms with Gasteiger partial charge in [-0.3, -0.25) is 4.79 Å². The number of hydrogen-bond acceptors (Lipinski definition) is 9. The Balaban J connectivity index is 1.11. The van der Waals surface area contributed by atoms with E-state index in [0.29, 0.717) is 25.5 Å². The molecule has 0 saturated heterocycles. The van der Waals surface area contributed by atoms with Crippen LogP contribution in [0.3, 0.4) is 0 Å². The van der Waals surface area contributed by atoms with Gasteiger partial charge in [0.15, 0.2) is 5.82 Å². The third-order valence-electron chi connectivity index (χ3n) is 7.89. The number of aromatic nitrogens is 3. The second-order valence-electron chi connectivity index (χ2n) is 12.4. The van der Waals surface area contributed by atoms with Gasteiger partial charge in [-0.15, -0.1) is 0 Å². The number of nitrogens with two attached hydrogens (primary N) is 1. The van der Waals surface area contributed by atoms with Crippen LogP contribution >= 0.6 is 21.6 Å². The fourth-order valence-electron chi connectivity index (χ4n) is 5.22. The molecule has 5 aromatic rings. The number of unbranched alkanes of at least 4 members (excludes halogenated alkanes) is 1. The molecule has 4 N–H and O–H groups in total. The van der Waals surface area contributed by atoms with E-state index in [9.17, 15) is 9.59 Å². The fraction of sp³-hybridized carbons (Fsp3) is 0.333. The van der Waals surface area contributed by atoms with Gasteiger partial charge in [-0.25, -0.2) is 14.8 Å². The number of carbonyl (C=O) groups is 2. The van der Waals surface area contributed by atoms with E-state index in [2.05, 4.69) is 55.3 Å². The van der Waals surface area contributed by atoms with Crippen LogP contribution in [0.15, 0.2) is 82.8 Å². The Kier molecular flexibility index (Phi) is 12.5. The molecular weight excluding hydrogens is 671 g/mol. The Labute approximate surface area is 299 Å². The second-order valence-corrected chi connectivity index (χ2v) is 15.3. The number of nitrogens with one attached hydrogen (secondary N) is 2. The van der Waals surface area contributed by atoms with Crippen LogP contribution in [0.2, 0.25) is 0 Å². The number of pyridine rings is 1. The Morgan fingerprint density at radius 1 is 1.00 bits per heavy atom. The van der Waals surface area contributed by atoms with Crippen molar-refractivity contribution in [2.24, 2.45) is 5.11 Å². The fourth-order valence-corrected chi connectivity index (χ4v) is 7.39. The van der Waals surface area contributed by atoms with Crippen LogP contribution in [0.5, 0.6) is 0 Å². The number of imidazole rings is 1. The minimum atomic E-state index is -0.490. The average molecular weight is 712 g/mol. The number of anilines is 1. The highest BCUT2D eigenvalue weighted by Crippen LogP contribution is 2.40. The number of aryl methyl sites for hydroxylation is 1. The monoisotopic (exact) mass is 711 g/mol. The zero-order valence-electron chi connectivity index (χ0n) is 28.4. The van der Waals surface area contributed by atoms with Crippen LogP contribution in [0.1, 0.15) is 56.1 Å². The molecule has 0 radical (unpaired) electrons. The van der Waals surface area contributed by atoms with Gasteiger partial charge in [-0.2, -0.15) is 0 Å². The van der Waals surface area contributed by atoms with Gasteiger partial charge in [0.2, 0.25) is 5.91 Å². The number of hydrogen-bond donors (Lipinski definition) is 3. The van der Waals surface area contributed by atoms with Gasteiger partial charge in [0.25, 0.3) is 0 Å². The third kappa shape index (κ3) is 9.84. The molecule has 2 heterocycles. The summed E-state index contributed by atoms with van der Waals surface area (Å²) in [4.78, 5) is 37.3. The number of azide groups is 1. The highest BCUT2D eigenvalue weighted by molar-refractivity contribution is 8.77. The smallest absolute Gasteiger partial charge is 0.407 e. The number of nitrogen functional groups attached to an aromatic ring is 1. The lowest BCUT2D eigenvalue weighted by atomic mass is 10.1. The summed E-state index contributed by atoms with van der Waals surface area (Å²) in [5.41, 5.74) is 20.3. The molecule has 2 amide bonds. The van der Waals surface area contributed by atoms with E-state index in [1.807, 2.05) is 68.4 Å². The van der Waals surface area contributed by atoms with Crippen molar-refractivity contribution in [1.82, 2.24) is 25.2 Å². The number of alkyl carbamates (subject to hydrolysis) is 1. The van der Waals surface area contributed by atoms with E-state index in [1.54, 1.807) is 21.6 Å². The van der Waals surface area contributed by atoms with Gasteiger partial charge in [0, 0.05) is 46.0 Å². The summed E-state index contributed by atoms with van der Waals surface area (Å²) in [7, 11) is 3.22. The molecule has 12 nitrogen and oxygen atoms in total. The molecule has 2 aromatic heterocycles. The molecule has 260 valence electrons. The van der Waals surface area contributed by atoms with E-state index in [1.165, 1.54) is 0 Å². The van der Waals surface area contributed by atoms with Crippen LogP contribution in [-0.4, -0.2) is 44.4 Å². The van der Waals surface area contributed by atoms with Crippen LogP contribution in [0.4, 0.5) is 10.6 Å². The first-order chi connectivity index (χ1) is 24.2. The van der Waals surface area contributed by atoms with Crippen LogP contribution in [0, 0.1) is 0 Å². The molecule has 3 aromatic carbocycles. The van der Waals surface area contributed by atoms with Crippen molar-refractivity contribution >= 4 is 61.3 Å². The first kappa shape index (κ1) is 36.4. The summed E-state index contributed by atoms with van der Waals surface area (Å²) in [5.74, 6) is 1.14. The SMILES string of the molecule is CCCCc1nc2c(N)nc3ccccc3c2n1Cc1ccc(CNC(=O)OCc2ccc(SSC(C)(C)CNC(=O)CN=[N+]=[N-])cc2)cc1. The predicted octanol–water partition coefficient (Wildman–Crippen LogP) is 7.93. The Morgan fingerprint density at radius 2 is 1.72 bits per heavy atom. The van der Waals surface area contributed by atoms with Crippen molar-refractivity contribution in [1.29, 1.82) is 0 Å². The predicted molar refractivity (Wildman–Crippen MR) is 202 cm³/mol. The van der Waals surface area contributed by atoms with Crippen molar-refractivity contribution in [2.45, 2.75) is 69.4 Å². The molecule has 50 heavy (non-hydrogen) atoms. The molecule has 0 bridgehead atoms. The molecule has 0 atom stereocenters. The van der Waals surface area contributed by atoms with Gasteiger partial charge < -0.3 is 25.7 Å². The molecule has 5 rings (SSSR count). The Morgan fingerprint density at radius 3 is 2.46 bits per heavy atom. The molecule has 0 aliphatic rings. The van der Waals surface area contributed by atoms with Crippen molar-refractivity contribution in [2.75, 3.05) is 18.8 Å².